The van der Waals surface area contributed by atoms with Gasteiger partial charge in [0, 0.05) is 0 Å². The zero-order valence-corrected chi connectivity index (χ0v) is 16.7. The van der Waals surface area contributed by atoms with Crippen molar-refractivity contribution in [1.82, 2.24) is 0 Å². The van der Waals surface area contributed by atoms with Gasteiger partial charge in [-0.25, -0.2) is 4.79 Å². The SMILES string of the molecule is CC(C)=CCC/C(C)=C/CC[C@]1(C)C=Cc2c(c3ccccc3oc2=O)O1. The van der Waals surface area contributed by atoms with Crippen LogP contribution in [0.5, 0.6) is 5.75 Å². The molecule has 142 valence electrons. The summed E-state index contributed by atoms with van der Waals surface area (Å²) in [6.45, 7) is 8.53. The van der Waals surface area contributed by atoms with Gasteiger partial charge in [0.05, 0.1) is 5.39 Å². The van der Waals surface area contributed by atoms with E-state index in [-0.39, 0.29) is 5.63 Å². The standard InChI is InChI=1S/C24H28O3/c1-17(2)9-7-10-18(3)11-8-15-24(4)16-14-20-22(27-24)19-12-5-6-13-21(19)26-23(20)25/h5-6,9,11-14,16H,7-8,10,15H2,1-4H3/b18-11+/t24-/m1/s1. The molecule has 0 fully saturated rings. The molecule has 2 aromatic rings. The second kappa shape index (κ2) is 7.99. The van der Waals surface area contributed by atoms with Gasteiger partial charge in [0.2, 0.25) is 0 Å². The summed E-state index contributed by atoms with van der Waals surface area (Å²) in [6.07, 6.45) is 12.4. The summed E-state index contributed by atoms with van der Waals surface area (Å²) in [6, 6.07) is 7.52. The maximum atomic E-state index is 12.2. The molecule has 0 bridgehead atoms. The summed E-state index contributed by atoms with van der Waals surface area (Å²) in [5.74, 6) is 0.635. The van der Waals surface area contributed by atoms with Crippen LogP contribution in [-0.2, 0) is 0 Å². The van der Waals surface area contributed by atoms with Crippen molar-refractivity contribution < 1.29 is 9.15 Å². The van der Waals surface area contributed by atoms with Crippen LogP contribution < -0.4 is 10.4 Å². The van der Waals surface area contributed by atoms with Crippen molar-refractivity contribution in [3.63, 3.8) is 0 Å². The lowest BCUT2D eigenvalue weighted by molar-refractivity contribution is 0.130. The fourth-order valence-electron chi connectivity index (χ4n) is 3.35. The zero-order valence-electron chi connectivity index (χ0n) is 16.7. The van der Waals surface area contributed by atoms with Crippen LogP contribution in [0.4, 0.5) is 0 Å². The Morgan fingerprint density at radius 3 is 2.67 bits per heavy atom. The Labute approximate surface area is 161 Å². The maximum Gasteiger partial charge on any atom is 0.347 e. The quantitative estimate of drug-likeness (QED) is 0.438. The lowest BCUT2D eigenvalue weighted by Gasteiger charge is -2.31. The van der Waals surface area contributed by atoms with Crippen molar-refractivity contribution in [2.24, 2.45) is 0 Å². The Morgan fingerprint density at radius 2 is 1.89 bits per heavy atom. The second-order valence-corrected chi connectivity index (χ2v) is 7.79. The molecule has 1 aliphatic rings. The predicted molar refractivity (Wildman–Crippen MR) is 112 cm³/mol. The lowest BCUT2D eigenvalue weighted by Crippen LogP contribution is -2.33. The molecule has 0 unspecified atom stereocenters. The molecular formula is C24H28O3. The fraction of sp³-hybridized carbons (Fsp3) is 0.375. The summed E-state index contributed by atoms with van der Waals surface area (Å²) in [4.78, 5) is 12.2. The largest absolute Gasteiger partial charge is 0.482 e. The number of para-hydroxylation sites is 1. The minimum absolute atomic E-state index is 0.350. The van der Waals surface area contributed by atoms with Crippen LogP contribution in [0.15, 0.2) is 62.9 Å². The van der Waals surface area contributed by atoms with Crippen LogP contribution in [0, 0.1) is 0 Å². The Kier molecular flexibility index (Phi) is 5.69. The van der Waals surface area contributed by atoms with E-state index in [0.717, 1.165) is 31.1 Å². The highest BCUT2D eigenvalue weighted by Crippen LogP contribution is 2.37. The molecule has 0 aliphatic carbocycles. The highest BCUT2D eigenvalue weighted by molar-refractivity contribution is 5.87. The molecule has 0 spiro atoms. The van der Waals surface area contributed by atoms with Crippen molar-refractivity contribution in [2.45, 2.75) is 59.0 Å². The van der Waals surface area contributed by atoms with Crippen molar-refractivity contribution in [3.05, 3.63) is 69.6 Å². The number of ether oxygens (including phenoxy) is 1. The van der Waals surface area contributed by atoms with Gasteiger partial charge >= 0.3 is 5.63 Å². The first-order valence-corrected chi connectivity index (χ1v) is 9.61. The van der Waals surface area contributed by atoms with Crippen molar-refractivity contribution >= 4 is 17.0 Å². The van der Waals surface area contributed by atoms with Gasteiger partial charge in [0.1, 0.15) is 22.5 Å². The Bertz CT molecular complexity index is 971. The molecule has 0 saturated heterocycles. The monoisotopic (exact) mass is 364 g/mol. The molecule has 27 heavy (non-hydrogen) atoms. The molecule has 3 heteroatoms. The molecule has 1 aliphatic heterocycles. The molecule has 0 saturated carbocycles. The third-order valence-corrected chi connectivity index (χ3v) is 4.96. The number of fused-ring (bicyclic) bond motifs is 3. The van der Waals surface area contributed by atoms with Gasteiger partial charge in [-0.2, -0.15) is 0 Å². The van der Waals surface area contributed by atoms with Gasteiger partial charge in [0.25, 0.3) is 0 Å². The molecule has 1 aromatic carbocycles. The van der Waals surface area contributed by atoms with E-state index in [4.69, 9.17) is 9.15 Å². The van der Waals surface area contributed by atoms with Crippen LogP contribution in [0.3, 0.4) is 0 Å². The Hall–Kier alpha value is -2.55. The highest BCUT2D eigenvalue weighted by Gasteiger charge is 2.29. The average molecular weight is 364 g/mol. The van der Waals surface area contributed by atoms with Gasteiger partial charge < -0.3 is 9.15 Å². The maximum absolute atomic E-state index is 12.2. The fourth-order valence-corrected chi connectivity index (χ4v) is 3.35. The van der Waals surface area contributed by atoms with Gasteiger partial charge in [0.15, 0.2) is 0 Å². The van der Waals surface area contributed by atoms with E-state index in [0.29, 0.717) is 16.9 Å². The molecule has 0 amide bonds. The number of hydrogen-bond donors (Lipinski definition) is 0. The number of benzene rings is 1. The number of allylic oxidation sites excluding steroid dienone is 4. The minimum Gasteiger partial charge on any atom is -0.482 e. The zero-order chi connectivity index (χ0) is 19.4. The molecule has 1 aromatic heterocycles. The van der Waals surface area contributed by atoms with Gasteiger partial charge in [-0.05, 0) is 77.7 Å². The van der Waals surface area contributed by atoms with Crippen LogP contribution >= 0.6 is 0 Å². The van der Waals surface area contributed by atoms with Crippen LogP contribution in [0.25, 0.3) is 17.0 Å². The summed E-state index contributed by atoms with van der Waals surface area (Å²) >= 11 is 0. The first-order valence-electron chi connectivity index (χ1n) is 9.61. The molecule has 2 heterocycles. The summed E-state index contributed by atoms with van der Waals surface area (Å²) in [5.41, 5.74) is 3.06. The van der Waals surface area contributed by atoms with E-state index in [9.17, 15) is 4.79 Å². The Morgan fingerprint density at radius 1 is 1.11 bits per heavy atom. The minimum atomic E-state index is -0.430. The number of rotatable bonds is 6. The van der Waals surface area contributed by atoms with Crippen molar-refractivity contribution in [2.75, 3.05) is 0 Å². The summed E-state index contributed by atoms with van der Waals surface area (Å²) in [5, 5.41) is 0.844. The van der Waals surface area contributed by atoms with E-state index in [1.54, 1.807) is 6.07 Å². The van der Waals surface area contributed by atoms with Gasteiger partial charge in [-0.15, -0.1) is 0 Å². The van der Waals surface area contributed by atoms with Gasteiger partial charge in [-0.3, -0.25) is 0 Å². The summed E-state index contributed by atoms with van der Waals surface area (Å²) in [7, 11) is 0. The van der Waals surface area contributed by atoms with E-state index in [2.05, 4.69) is 39.8 Å². The third-order valence-electron chi connectivity index (χ3n) is 4.96. The average Bonchev–Trinajstić information content (AvgIpc) is 2.61. The van der Waals surface area contributed by atoms with E-state index >= 15 is 0 Å². The lowest BCUT2D eigenvalue weighted by atomic mass is 9.94. The molecule has 0 radical (unpaired) electrons. The van der Waals surface area contributed by atoms with E-state index in [1.807, 2.05) is 30.4 Å². The molecule has 3 rings (SSSR count). The van der Waals surface area contributed by atoms with Crippen molar-refractivity contribution in [3.8, 4) is 5.75 Å². The van der Waals surface area contributed by atoms with Crippen LogP contribution in [0.1, 0.15) is 58.9 Å². The smallest absolute Gasteiger partial charge is 0.347 e. The third kappa shape index (κ3) is 4.60. The molecule has 0 N–H and O–H groups in total. The van der Waals surface area contributed by atoms with E-state index in [1.165, 1.54) is 11.1 Å². The topological polar surface area (TPSA) is 39.4 Å². The number of hydrogen-bond acceptors (Lipinski definition) is 3. The molecule has 3 nitrogen and oxygen atoms in total. The first kappa shape index (κ1) is 19.2. The Balaban J connectivity index is 1.73. The van der Waals surface area contributed by atoms with Gasteiger partial charge in [-0.1, -0.05) is 35.4 Å². The second-order valence-electron chi connectivity index (χ2n) is 7.79. The van der Waals surface area contributed by atoms with Crippen molar-refractivity contribution in [1.29, 1.82) is 0 Å². The predicted octanol–water partition coefficient (Wildman–Crippen LogP) is 6.43. The molecular weight excluding hydrogens is 336 g/mol. The van der Waals surface area contributed by atoms with Crippen LogP contribution in [-0.4, -0.2) is 5.60 Å². The first-order chi connectivity index (χ1) is 12.9. The highest BCUT2D eigenvalue weighted by atomic mass is 16.5. The summed E-state index contributed by atoms with van der Waals surface area (Å²) < 4.78 is 11.7. The normalized spacial score (nSPS) is 18.9. The van der Waals surface area contributed by atoms with E-state index < -0.39 is 5.60 Å². The van der Waals surface area contributed by atoms with Crippen LogP contribution in [0.2, 0.25) is 0 Å². The molecule has 1 atom stereocenters.